The maximum atomic E-state index is 13.7. The zero-order chi connectivity index (χ0) is 23.7. The van der Waals surface area contributed by atoms with Gasteiger partial charge in [0.15, 0.2) is 4.80 Å². The topological polar surface area (TPSA) is 69.9 Å². The van der Waals surface area contributed by atoms with Crippen LogP contribution in [0.25, 0.3) is 6.08 Å². The Balaban J connectivity index is 2.00. The van der Waals surface area contributed by atoms with Crippen LogP contribution < -0.4 is 19.6 Å². The summed E-state index contributed by atoms with van der Waals surface area (Å²) in [5.74, 6) is 0.128. The van der Waals surface area contributed by atoms with Gasteiger partial charge in [0.25, 0.3) is 5.56 Å². The van der Waals surface area contributed by atoms with E-state index >= 15 is 0 Å². The Hall–Kier alpha value is -2.49. The van der Waals surface area contributed by atoms with E-state index in [0.717, 1.165) is 9.35 Å². The molecule has 2 aromatic heterocycles. The zero-order valence-corrected chi connectivity index (χ0v) is 21.8. The predicted molar refractivity (Wildman–Crippen MR) is 135 cm³/mol. The van der Waals surface area contributed by atoms with Crippen LogP contribution in [0.5, 0.6) is 5.75 Å². The highest BCUT2D eigenvalue weighted by Crippen LogP contribution is 2.36. The number of carbonyl (C=O) groups is 1. The molecule has 0 unspecified atom stereocenters. The van der Waals surface area contributed by atoms with Gasteiger partial charge >= 0.3 is 5.97 Å². The molecule has 0 aliphatic carbocycles. The summed E-state index contributed by atoms with van der Waals surface area (Å²) in [5.41, 5.74) is 1.38. The van der Waals surface area contributed by atoms with Crippen LogP contribution in [0.4, 0.5) is 0 Å². The van der Waals surface area contributed by atoms with Crippen molar-refractivity contribution in [1.82, 2.24) is 4.57 Å². The number of hydrogen-bond acceptors (Lipinski definition) is 7. The van der Waals surface area contributed by atoms with E-state index in [2.05, 4.69) is 20.9 Å². The van der Waals surface area contributed by atoms with E-state index in [1.807, 2.05) is 55.6 Å². The van der Waals surface area contributed by atoms with Crippen LogP contribution in [0, 0.1) is 0 Å². The van der Waals surface area contributed by atoms with Crippen LogP contribution >= 0.6 is 38.6 Å². The van der Waals surface area contributed by atoms with E-state index in [4.69, 9.17) is 9.47 Å². The molecule has 1 atom stereocenters. The Bertz CT molecular complexity index is 1410. The molecule has 172 valence electrons. The summed E-state index contributed by atoms with van der Waals surface area (Å²) in [6.45, 7) is 7.64. The van der Waals surface area contributed by atoms with Gasteiger partial charge in [-0.3, -0.25) is 9.36 Å². The van der Waals surface area contributed by atoms with Gasteiger partial charge in [-0.2, -0.15) is 0 Å². The maximum absolute atomic E-state index is 13.7. The summed E-state index contributed by atoms with van der Waals surface area (Å²) < 4.78 is 14.5. The van der Waals surface area contributed by atoms with Crippen molar-refractivity contribution in [2.75, 3.05) is 6.61 Å². The summed E-state index contributed by atoms with van der Waals surface area (Å²) in [6.07, 6.45) is 1.78. The van der Waals surface area contributed by atoms with Gasteiger partial charge in [-0.15, -0.1) is 11.3 Å². The zero-order valence-electron chi connectivity index (χ0n) is 18.6. The average molecular weight is 547 g/mol. The highest BCUT2D eigenvalue weighted by molar-refractivity contribution is 9.10. The van der Waals surface area contributed by atoms with Crippen molar-refractivity contribution in [1.29, 1.82) is 0 Å². The molecular formula is C24H23BrN2O4S2. The molecule has 4 rings (SSSR count). The third-order valence-electron chi connectivity index (χ3n) is 5.00. The largest absolute Gasteiger partial charge is 0.491 e. The first-order valence-corrected chi connectivity index (χ1v) is 13.0. The second-order valence-electron chi connectivity index (χ2n) is 7.64. The highest BCUT2D eigenvalue weighted by Gasteiger charge is 2.35. The van der Waals surface area contributed by atoms with Crippen molar-refractivity contribution < 1.29 is 14.3 Å². The number of esters is 1. The van der Waals surface area contributed by atoms with Gasteiger partial charge in [0.2, 0.25) is 0 Å². The molecule has 3 heterocycles. The van der Waals surface area contributed by atoms with E-state index in [0.29, 0.717) is 31.9 Å². The molecule has 0 N–H and O–H groups in total. The van der Waals surface area contributed by atoms with E-state index < -0.39 is 12.0 Å². The van der Waals surface area contributed by atoms with Gasteiger partial charge in [0.1, 0.15) is 11.8 Å². The first-order chi connectivity index (χ1) is 15.8. The highest BCUT2D eigenvalue weighted by atomic mass is 79.9. The summed E-state index contributed by atoms with van der Waals surface area (Å²) in [5, 5.41) is 1.96. The second kappa shape index (κ2) is 9.79. The van der Waals surface area contributed by atoms with Crippen LogP contribution in [0.3, 0.4) is 0 Å². The number of thiophene rings is 1. The lowest BCUT2D eigenvalue weighted by Gasteiger charge is -2.26. The Labute approximate surface area is 207 Å². The first kappa shape index (κ1) is 23.7. The molecule has 6 nitrogen and oxygen atoms in total. The SMILES string of the molecule is CCOC(=O)C1=C(C)N=c2s/c(=C/c3sccc3Br)c(=O)n2[C@@H]1c1ccccc1OC(C)C. The number of thiazole rings is 1. The molecule has 0 saturated carbocycles. The molecular weight excluding hydrogens is 524 g/mol. The number of nitrogens with zero attached hydrogens (tertiary/aromatic N) is 2. The number of para-hydroxylation sites is 1. The van der Waals surface area contributed by atoms with Gasteiger partial charge < -0.3 is 9.47 Å². The van der Waals surface area contributed by atoms with Crippen molar-refractivity contribution in [3.05, 3.63) is 81.6 Å². The Morgan fingerprint density at radius 1 is 1.30 bits per heavy atom. The standard InChI is InChI=1S/C24H23BrN2O4S2/c1-5-30-23(29)20-14(4)26-24-27(21(20)15-8-6-7-9-17(15)31-13(2)3)22(28)19(33-24)12-18-16(25)10-11-32-18/h6-13,21H,5H2,1-4H3/b19-12+/t21-/m1/s1. The summed E-state index contributed by atoms with van der Waals surface area (Å²) >= 11 is 6.37. The number of aromatic nitrogens is 1. The predicted octanol–water partition coefficient (Wildman–Crippen LogP) is 4.41. The van der Waals surface area contributed by atoms with Crippen LogP contribution in [-0.4, -0.2) is 23.2 Å². The Morgan fingerprint density at radius 3 is 2.73 bits per heavy atom. The van der Waals surface area contributed by atoms with Crippen LogP contribution in [-0.2, 0) is 9.53 Å². The molecule has 33 heavy (non-hydrogen) atoms. The number of allylic oxidation sites excluding steroid dienone is 1. The van der Waals surface area contributed by atoms with Gasteiger partial charge in [-0.1, -0.05) is 29.5 Å². The minimum Gasteiger partial charge on any atom is -0.491 e. The molecule has 0 bridgehead atoms. The molecule has 3 aromatic rings. The minimum absolute atomic E-state index is 0.0747. The lowest BCUT2D eigenvalue weighted by atomic mass is 9.95. The summed E-state index contributed by atoms with van der Waals surface area (Å²) in [4.78, 5) is 32.8. The quantitative estimate of drug-likeness (QED) is 0.429. The molecule has 1 aliphatic heterocycles. The molecule has 0 spiro atoms. The van der Waals surface area contributed by atoms with Gasteiger partial charge in [0.05, 0.1) is 28.5 Å². The monoisotopic (exact) mass is 546 g/mol. The van der Waals surface area contributed by atoms with Gasteiger partial charge in [-0.05, 0) is 67.2 Å². The number of fused-ring (bicyclic) bond motifs is 1. The molecule has 1 aliphatic rings. The third-order valence-corrected chi connectivity index (χ3v) is 7.80. The number of rotatable bonds is 6. The lowest BCUT2D eigenvalue weighted by molar-refractivity contribution is -0.139. The van der Waals surface area contributed by atoms with Gasteiger partial charge in [-0.25, -0.2) is 9.79 Å². The third kappa shape index (κ3) is 4.62. The normalized spacial score (nSPS) is 16.1. The van der Waals surface area contributed by atoms with Crippen LogP contribution in [0.1, 0.15) is 44.2 Å². The average Bonchev–Trinajstić information content (AvgIpc) is 3.30. The lowest BCUT2D eigenvalue weighted by Crippen LogP contribution is -2.40. The first-order valence-electron chi connectivity index (χ1n) is 10.5. The van der Waals surface area contributed by atoms with E-state index in [-0.39, 0.29) is 18.3 Å². The second-order valence-corrected chi connectivity index (χ2v) is 10.5. The van der Waals surface area contributed by atoms with Crippen molar-refractivity contribution in [3.8, 4) is 5.75 Å². The Morgan fingerprint density at radius 2 is 2.06 bits per heavy atom. The molecule has 1 aromatic carbocycles. The molecule has 9 heteroatoms. The van der Waals surface area contributed by atoms with E-state index in [1.165, 1.54) is 22.7 Å². The minimum atomic E-state index is -0.704. The number of carbonyl (C=O) groups excluding carboxylic acids is 1. The number of benzene rings is 1. The fourth-order valence-electron chi connectivity index (χ4n) is 3.68. The molecule has 0 fully saturated rings. The summed E-state index contributed by atoms with van der Waals surface area (Å²) in [6, 6.07) is 8.72. The molecule has 0 saturated heterocycles. The van der Waals surface area contributed by atoms with Gasteiger partial charge in [0, 0.05) is 14.9 Å². The molecule has 0 radical (unpaired) electrons. The van der Waals surface area contributed by atoms with E-state index in [1.54, 1.807) is 18.4 Å². The number of ether oxygens (including phenoxy) is 2. The van der Waals surface area contributed by atoms with Crippen molar-refractivity contribution in [2.45, 2.75) is 39.8 Å². The van der Waals surface area contributed by atoms with Crippen LogP contribution in [0.2, 0.25) is 0 Å². The number of hydrogen-bond donors (Lipinski definition) is 0. The van der Waals surface area contributed by atoms with Crippen molar-refractivity contribution >= 4 is 50.6 Å². The van der Waals surface area contributed by atoms with E-state index in [9.17, 15) is 9.59 Å². The van der Waals surface area contributed by atoms with Crippen molar-refractivity contribution in [3.63, 3.8) is 0 Å². The fraction of sp³-hybridized carbons (Fsp3) is 0.292. The molecule has 0 amide bonds. The smallest absolute Gasteiger partial charge is 0.338 e. The number of halogens is 1. The van der Waals surface area contributed by atoms with Crippen LogP contribution in [0.15, 0.2) is 61.2 Å². The maximum Gasteiger partial charge on any atom is 0.338 e. The Kier molecular flexibility index (Phi) is 7.02. The van der Waals surface area contributed by atoms with Crippen molar-refractivity contribution in [2.24, 2.45) is 4.99 Å². The fourth-order valence-corrected chi connectivity index (χ4v) is 6.20. The summed E-state index contributed by atoms with van der Waals surface area (Å²) in [7, 11) is 0.